The Morgan fingerprint density at radius 3 is 1.70 bits per heavy atom. The van der Waals surface area contributed by atoms with E-state index in [1.165, 1.54) is 5.82 Å². The normalized spacial score (nSPS) is 10.2. The Morgan fingerprint density at radius 1 is 1.10 bits per heavy atom. The molecule has 0 amide bonds. The van der Waals surface area contributed by atoms with Crippen LogP contribution in [0.4, 0.5) is 0 Å². The molecule has 2 heterocycles. The maximum atomic E-state index is 8.74. The number of aryl methyl sites for hydroxylation is 4. The maximum absolute atomic E-state index is 8.74. The monoisotopic (exact) mass is 306 g/mol. The summed E-state index contributed by atoms with van der Waals surface area (Å²) in [5.41, 5.74) is 0. The molecule has 0 saturated heterocycles. The highest BCUT2D eigenvalue weighted by Crippen LogP contribution is 1.84. The zero-order valence-corrected chi connectivity index (χ0v) is 13.1. The van der Waals surface area contributed by atoms with Gasteiger partial charge >= 0.3 is 10.4 Å². The molecule has 2 aromatic heterocycles. The average molecular weight is 306 g/mol. The van der Waals surface area contributed by atoms with E-state index in [1.54, 1.807) is 0 Å². The third-order valence-electron chi connectivity index (χ3n) is 2.44. The number of rotatable bonds is 0. The summed E-state index contributed by atoms with van der Waals surface area (Å²) in [5.74, 6) is 1.27. The Kier molecular flexibility index (Phi) is 7.11. The van der Waals surface area contributed by atoms with E-state index in [9.17, 15) is 0 Å². The first kappa shape index (κ1) is 18.3. The minimum absolute atomic E-state index is 1.27. The fourth-order valence-electron chi connectivity index (χ4n) is 1.24. The highest BCUT2D eigenvalue weighted by Gasteiger charge is 2.00. The van der Waals surface area contributed by atoms with Gasteiger partial charge in [0, 0.05) is 6.92 Å². The van der Waals surface area contributed by atoms with Gasteiger partial charge in [-0.15, -0.1) is 0 Å². The number of aromatic nitrogens is 4. The lowest BCUT2D eigenvalue weighted by molar-refractivity contribution is -0.677. The summed E-state index contributed by atoms with van der Waals surface area (Å²) in [6.07, 6.45) is 10.1. The smallest absolute Gasteiger partial charge is 0.264 e. The van der Waals surface area contributed by atoms with Gasteiger partial charge in [0.25, 0.3) is 5.82 Å². The van der Waals surface area contributed by atoms with Crippen LogP contribution >= 0.6 is 0 Å². The zero-order valence-electron chi connectivity index (χ0n) is 12.3. The van der Waals surface area contributed by atoms with E-state index in [0.29, 0.717) is 0 Å². The molecule has 114 valence electrons. The van der Waals surface area contributed by atoms with Crippen LogP contribution in [0.5, 0.6) is 0 Å². The first-order valence-corrected chi connectivity index (χ1v) is 7.05. The van der Waals surface area contributed by atoms with Gasteiger partial charge in [0.2, 0.25) is 6.33 Å². The van der Waals surface area contributed by atoms with Gasteiger partial charge in [-0.1, -0.05) is 0 Å². The second-order valence-corrected chi connectivity index (χ2v) is 5.16. The van der Waals surface area contributed by atoms with Crippen molar-refractivity contribution >= 4 is 10.4 Å². The van der Waals surface area contributed by atoms with Crippen molar-refractivity contribution < 1.29 is 26.7 Å². The van der Waals surface area contributed by atoms with Crippen LogP contribution in [0, 0.1) is 6.92 Å². The summed E-state index contributed by atoms with van der Waals surface area (Å²) in [6, 6.07) is 0. The maximum Gasteiger partial charge on any atom is 0.394 e. The molecular formula is C11H22N4O4S+2. The van der Waals surface area contributed by atoms with Gasteiger partial charge in [0.1, 0.15) is 24.8 Å². The van der Waals surface area contributed by atoms with Crippen LogP contribution in [0.15, 0.2) is 31.1 Å². The number of nitrogens with zero attached hydrogens (tertiary/aromatic N) is 4. The molecule has 0 radical (unpaired) electrons. The van der Waals surface area contributed by atoms with E-state index in [4.69, 9.17) is 17.5 Å². The van der Waals surface area contributed by atoms with Crippen LogP contribution in [0.25, 0.3) is 0 Å². The van der Waals surface area contributed by atoms with Gasteiger partial charge in [-0.25, -0.2) is 18.3 Å². The molecule has 0 spiro atoms. The van der Waals surface area contributed by atoms with Crippen molar-refractivity contribution in [1.29, 1.82) is 0 Å². The molecule has 0 aromatic carbocycles. The van der Waals surface area contributed by atoms with Crippen molar-refractivity contribution in [3.8, 4) is 0 Å². The van der Waals surface area contributed by atoms with E-state index >= 15 is 0 Å². The predicted octanol–water partition coefficient (Wildman–Crippen LogP) is -0.645. The minimum Gasteiger partial charge on any atom is -0.264 e. The van der Waals surface area contributed by atoms with Crippen LogP contribution in [-0.4, -0.2) is 26.7 Å². The van der Waals surface area contributed by atoms with E-state index < -0.39 is 10.4 Å². The Bertz CT molecular complexity index is 587. The fraction of sp³-hybridized carbons (Fsp3) is 0.455. The summed E-state index contributed by atoms with van der Waals surface area (Å²) in [4.78, 5) is 0. The molecule has 0 unspecified atom stereocenters. The molecule has 0 aliphatic carbocycles. The van der Waals surface area contributed by atoms with Crippen molar-refractivity contribution in [3.63, 3.8) is 0 Å². The Morgan fingerprint density at radius 2 is 1.60 bits per heavy atom. The first-order chi connectivity index (χ1) is 9.00. The van der Waals surface area contributed by atoms with Gasteiger partial charge in [0.05, 0.1) is 28.2 Å². The third kappa shape index (κ3) is 9.25. The summed E-state index contributed by atoms with van der Waals surface area (Å²) in [6.45, 7) is 2.08. The van der Waals surface area contributed by atoms with Crippen molar-refractivity contribution in [2.75, 3.05) is 0 Å². The molecule has 0 bridgehead atoms. The standard InChI is InChI=1S/C6H11N2.C5H9N2.H2O4S/c1-6-7(2)4-5-8(6)3;1-6-3-4-7(2)5-6;1-5(2,3)4/h4-5H,1-3H3;3-5H,1-2H3;(H2,1,2,3,4)/q2*+1;. The molecule has 2 aromatic rings. The fourth-order valence-corrected chi connectivity index (χ4v) is 1.24. The molecule has 8 nitrogen and oxygen atoms in total. The minimum atomic E-state index is -4.67. The molecule has 2 rings (SSSR count). The summed E-state index contributed by atoms with van der Waals surface area (Å²) < 4.78 is 39.8. The summed E-state index contributed by atoms with van der Waals surface area (Å²) in [5, 5.41) is 0. The second-order valence-electron chi connectivity index (χ2n) is 4.26. The quantitative estimate of drug-likeness (QED) is 0.500. The molecule has 20 heavy (non-hydrogen) atoms. The van der Waals surface area contributed by atoms with E-state index in [2.05, 4.69) is 16.1 Å². The molecular weight excluding hydrogens is 284 g/mol. The van der Waals surface area contributed by atoms with Crippen LogP contribution < -0.4 is 9.13 Å². The molecule has 0 aliphatic rings. The highest BCUT2D eigenvalue weighted by molar-refractivity contribution is 7.79. The van der Waals surface area contributed by atoms with Gasteiger partial charge in [-0.05, 0) is 0 Å². The van der Waals surface area contributed by atoms with Crippen molar-refractivity contribution in [2.45, 2.75) is 6.92 Å². The Balaban J connectivity index is 0.000000280. The summed E-state index contributed by atoms with van der Waals surface area (Å²) in [7, 11) is 3.41. The summed E-state index contributed by atoms with van der Waals surface area (Å²) >= 11 is 0. The zero-order chi connectivity index (χ0) is 15.9. The van der Waals surface area contributed by atoms with Crippen LogP contribution in [0.1, 0.15) is 5.82 Å². The van der Waals surface area contributed by atoms with Crippen molar-refractivity contribution in [2.24, 2.45) is 28.2 Å². The molecule has 0 saturated carbocycles. The lowest BCUT2D eigenvalue weighted by atomic mass is 10.7. The van der Waals surface area contributed by atoms with Gasteiger partial charge in [-0.2, -0.15) is 8.42 Å². The van der Waals surface area contributed by atoms with Gasteiger partial charge < -0.3 is 0 Å². The lowest BCUT2D eigenvalue weighted by Gasteiger charge is -1.84. The largest absolute Gasteiger partial charge is 0.394 e. The van der Waals surface area contributed by atoms with E-state index in [-0.39, 0.29) is 0 Å². The number of imidazole rings is 2. The number of hydrogen-bond acceptors (Lipinski definition) is 2. The van der Waals surface area contributed by atoms with Crippen molar-refractivity contribution in [1.82, 2.24) is 9.13 Å². The van der Waals surface area contributed by atoms with Crippen molar-refractivity contribution in [3.05, 3.63) is 36.9 Å². The first-order valence-electron chi connectivity index (χ1n) is 5.65. The SMILES string of the molecule is Cc1n(C)cc[n+]1C.Cn1cc[n+](C)c1.O=S(=O)(O)O. The molecule has 0 atom stereocenters. The van der Waals surface area contributed by atoms with Gasteiger partial charge in [-0.3, -0.25) is 9.11 Å². The lowest BCUT2D eigenvalue weighted by Crippen LogP contribution is -2.29. The third-order valence-corrected chi connectivity index (χ3v) is 2.44. The second kappa shape index (κ2) is 7.78. The topological polar surface area (TPSA) is 92.2 Å². The van der Waals surface area contributed by atoms with Gasteiger partial charge in [0.15, 0.2) is 0 Å². The van der Waals surface area contributed by atoms with E-state index in [0.717, 1.165) is 0 Å². The molecule has 0 fully saturated rings. The Labute approximate surface area is 119 Å². The average Bonchev–Trinajstić information content (AvgIpc) is 2.78. The number of hydrogen-bond donors (Lipinski definition) is 2. The van der Waals surface area contributed by atoms with Crippen LogP contribution in [-0.2, 0) is 38.6 Å². The van der Waals surface area contributed by atoms with E-state index in [1.807, 2.05) is 68.4 Å². The molecule has 0 aliphatic heterocycles. The molecule has 2 N–H and O–H groups in total. The van der Waals surface area contributed by atoms with Crippen LogP contribution in [0.3, 0.4) is 0 Å². The molecule has 9 heteroatoms. The highest BCUT2D eigenvalue weighted by atomic mass is 32.3. The Hall–Kier alpha value is -1.71. The van der Waals surface area contributed by atoms with Crippen LogP contribution in [0.2, 0.25) is 0 Å². The predicted molar refractivity (Wildman–Crippen MR) is 72.1 cm³/mol.